The van der Waals surface area contributed by atoms with Crippen LogP contribution in [-0.4, -0.2) is 37.2 Å². The second-order valence-corrected chi connectivity index (χ2v) is 8.46. The maximum absolute atomic E-state index is 12.9. The van der Waals surface area contributed by atoms with Gasteiger partial charge in [-0.1, -0.05) is 24.3 Å². The average Bonchev–Trinajstić information content (AvgIpc) is 3.58. The number of amides is 3. The number of anilines is 1. The molecule has 0 radical (unpaired) electrons. The van der Waals surface area contributed by atoms with Gasteiger partial charge in [-0.2, -0.15) is 0 Å². The molecule has 6 nitrogen and oxygen atoms in total. The Morgan fingerprint density at radius 2 is 1.90 bits per heavy atom. The van der Waals surface area contributed by atoms with Gasteiger partial charge in [-0.25, -0.2) is 4.79 Å². The zero-order valence-corrected chi connectivity index (χ0v) is 17.2. The maximum atomic E-state index is 12.9. The van der Waals surface area contributed by atoms with E-state index in [0.717, 1.165) is 53.6 Å². The lowest BCUT2D eigenvalue weighted by Crippen LogP contribution is -2.51. The highest BCUT2D eigenvalue weighted by molar-refractivity contribution is 6.02. The van der Waals surface area contributed by atoms with Gasteiger partial charge in [0.25, 0.3) is 5.91 Å². The van der Waals surface area contributed by atoms with Gasteiger partial charge in [0.2, 0.25) is 0 Å². The van der Waals surface area contributed by atoms with E-state index in [1.807, 2.05) is 29.2 Å². The summed E-state index contributed by atoms with van der Waals surface area (Å²) in [6, 6.07) is 12.4. The van der Waals surface area contributed by atoms with Crippen molar-refractivity contribution < 1.29 is 14.3 Å². The molecular formula is C24H27N3O3. The molecule has 1 saturated carbocycles. The Balaban J connectivity index is 1.59. The lowest BCUT2D eigenvalue weighted by atomic mass is 9.92. The van der Waals surface area contributed by atoms with Crippen molar-refractivity contribution in [2.75, 3.05) is 18.1 Å². The Morgan fingerprint density at radius 3 is 2.67 bits per heavy atom. The highest BCUT2D eigenvalue weighted by Gasteiger charge is 2.34. The molecule has 2 N–H and O–H groups in total. The molecule has 1 saturated heterocycles. The van der Waals surface area contributed by atoms with E-state index in [-0.39, 0.29) is 18.0 Å². The Hall–Kier alpha value is -2.86. The fourth-order valence-electron chi connectivity index (χ4n) is 4.43. The minimum absolute atomic E-state index is 0.0254. The largest absolute Gasteiger partial charge is 0.381 e. The molecule has 3 aliphatic rings. The molecule has 2 aromatic rings. The molecule has 2 aliphatic heterocycles. The number of nitrogens with one attached hydrogen (secondary N) is 2. The fraction of sp³-hybridized carbons (Fsp3) is 0.417. The minimum Gasteiger partial charge on any atom is -0.381 e. The monoisotopic (exact) mass is 405 g/mol. The lowest BCUT2D eigenvalue weighted by Gasteiger charge is -2.39. The Morgan fingerprint density at radius 1 is 1.10 bits per heavy atom. The molecule has 6 heteroatoms. The fourth-order valence-corrected chi connectivity index (χ4v) is 4.43. The van der Waals surface area contributed by atoms with Crippen molar-refractivity contribution in [2.45, 2.75) is 51.2 Å². The molecule has 1 aliphatic carbocycles. The van der Waals surface area contributed by atoms with Crippen LogP contribution in [0.15, 0.2) is 36.4 Å². The van der Waals surface area contributed by atoms with Crippen molar-refractivity contribution in [3.63, 3.8) is 0 Å². The van der Waals surface area contributed by atoms with E-state index in [1.54, 1.807) is 0 Å². The third kappa shape index (κ3) is 3.56. The van der Waals surface area contributed by atoms with Gasteiger partial charge in [-0.15, -0.1) is 0 Å². The number of rotatable bonds is 4. The Kier molecular flexibility index (Phi) is 4.95. The predicted molar refractivity (Wildman–Crippen MR) is 116 cm³/mol. The smallest absolute Gasteiger partial charge is 0.322 e. The van der Waals surface area contributed by atoms with Gasteiger partial charge < -0.3 is 15.4 Å². The summed E-state index contributed by atoms with van der Waals surface area (Å²) in [5.74, 6) is -0.0254. The quantitative estimate of drug-likeness (QED) is 0.814. The minimum atomic E-state index is -0.0536. The Bertz CT molecular complexity index is 993. The zero-order chi connectivity index (χ0) is 20.7. The number of aryl methyl sites for hydroxylation is 1. The summed E-state index contributed by atoms with van der Waals surface area (Å²) < 4.78 is 5.52. The number of carbonyl (C=O) groups excluding carboxylic acids is 2. The summed E-state index contributed by atoms with van der Waals surface area (Å²) in [4.78, 5) is 27.5. The normalized spacial score (nSPS) is 19.2. The van der Waals surface area contributed by atoms with E-state index >= 15 is 0 Å². The van der Waals surface area contributed by atoms with Crippen LogP contribution in [-0.2, 0) is 11.3 Å². The van der Waals surface area contributed by atoms with E-state index in [9.17, 15) is 9.59 Å². The topological polar surface area (TPSA) is 70.7 Å². The first-order valence-electron chi connectivity index (χ1n) is 10.8. The number of hydrogen-bond donors (Lipinski definition) is 2. The van der Waals surface area contributed by atoms with Crippen LogP contribution in [0.1, 0.15) is 47.2 Å². The van der Waals surface area contributed by atoms with Crippen LogP contribution < -0.4 is 15.5 Å². The van der Waals surface area contributed by atoms with Crippen LogP contribution in [0, 0.1) is 6.92 Å². The van der Waals surface area contributed by atoms with Crippen molar-refractivity contribution in [3.05, 3.63) is 53.1 Å². The molecule has 30 heavy (non-hydrogen) atoms. The molecule has 2 heterocycles. The average molecular weight is 405 g/mol. The zero-order valence-electron chi connectivity index (χ0n) is 17.2. The highest BCUT2D eigenvalue weighted by Crippen LogP contribution is 2.40. The molecule has 0 spiro atoms. The second kappa shape index (κ2) is 7.76. The molecule has 156 valence electrons. The number of carbonyl (C=O) groups is 2. The van der Waals surface area contributed by atoms with E-state index in [0.29, 0.717) is 31.4 Å². The third-order valence-electron chi connectivity index (χ3n) is 6.27. The molecule has 5 rings (SSSR count). The number of ether oxygens (including phenoxy) is 1. The lowest BCUT2D eigenvalue weighted by molar-refractivity contribution is 0.0853. The van der Waals surface area contributed by atoms with E-state index in [1.165, 1.54) is 0 Å². The SMILES string of the molecule is Cc1ccc(C(=O)NC2CC2)cc1-c1cccc2c1N(C1CCOCC1)C(=O)NC2. The number of urea groups is 1. The van der Waals surface area contributed by atoms with Gasteiger partial charge in [0.1, 0.15) is 0 Å². The first kappa shape index (κ1) is 19.1. The maximum Gasteiger partial charge on any atom is 0.322 e. The van der Waals surface area contributed by atoms with Gasteiger partial charge in [0.15, 0.2) is 0 Å². The molecular weight excluding hydrogens is 378 g/mol. The number of hydrogen-bond acceptors (Lipinski definition) is 3. The molecule has 0 aromatic heterocycles. The first-order valence-corrected chi connectivity index (χ1v) is 10.8. The molecule has 0 atom stereocenters. The second-order valence-electron chi connectivity index (χ2n) is 8.46. The summed E-state index contributed by atoms with van der Waals surface area (Å²) in [6.45, 7) is 3.91. The van der Waals surface area contributed by atoms with Gasteiger partial charge in [0.05, 0.1) is 5.69 Å². The van der Waals surface area contributed by atoms with Crippen molar-refractivity contribution in [1.29, 1.82) is 0 Å². The van der Waals surface area contributed by atoms with E-state index < -0.39 is 0 Å². The highest BCUT2D eigenvalue weighted by atomic mass is 16.5. The van der Waals surface area contributed by atoms with Crippen LogP contribution in [0.5, 0.6) is 0 Å². The van der Waals surface area contributed by atoms with Gasteiger partial charge in [-0.05, 0) is 61.4 Å². The number of nitrogens with zero attached hydrogens (tertiary/aromatic N) is 1. The van der Waals surface area contributed by atoms with Gasteiger partial charge >= 0.3 is 6.03 Å². The number of para-hydroxylation sites is 1. The number of fused-ring (bicyclic) bond motifs is 1. The van der Waals surface area contributed by atoms with E-state index in [4.69, 9.17) is 4.74 Å². The predicted octanol–water partition coefficient (Wildman–Crippen LogP) is 3.76. The van der Waals surface area contributed by atoms with Crippen LogP contribution in [0.3, 0.4) is 0 Å². The summed E-state index contributed by atoms with van der Waals surface area (Å²) in [7, 11) is 0. The van der Waals surface area contributed by atoms with Crippen LogP contribution in [0.2, 0.25) is 0 Å². The first-order chi connectivity index (χ1) is 14.6. The van der Waals surface area contributed by atoms with Crippen LogP contribution >= 0.6 is 0 Å². The van der Waals surface area contributed by atoms with Crippen LogP contribution in [0.4, 0.5) is 10.5 Å². The Labute approximate surface area is 176 Å². The summed E-state index contributed by atoms with van der Waals surface area (Å²) in [5.41, 5.74) is 5.83. The molecule has 2 fully saturated rings. The van der Waals surface area contributed by atoms with Crippen LogP contribution in [0.25, 0.3) is 11.1 Å². The van der Waals surface area contributed by atoms with Crippen molar-refractivity contribution >= 4 is 17.6 Å². The van der Waals surface area contributed by atoms with Gasteiger partial charge in [-0.3, -0.25) is 9.69 Å². The molecule has 0 unspecified atom stereocenters. The standard InChI is InChI=1S/C24H27N3O3/c1-15-5-6-16(23(28)26-18-7-8-18)13-21(15)20-4-2-3-17-14-25-24(29)27(22(17)20)19-9-11-30-12-10-19/h2-6,13,18-19H,7-12,14H2,1H3,(H,25,29)(H,26,28). The summed E-state index contributed by atoms with van der Waals surface area (Å²) >= 11 is 0. The third-order valence-corrected chi connectivity index (χ3v) is 6.27. The van der Waals surface area contributed by atoms with E-state index in [2.05, 4.69) is 29.7 Å². The summed E-state index contributed by atoms with van der Waals surface area (Å²) in [5, 5.41) is 6.09. The van der Waals surface area contributed by atoms with Crippen molar-refractivity contribution in [3.8, 4) is 11.1 Å². The van der Waals surface area contributed by atoms with Crippen molar-refractivity contribution in [2.24, 2.45) is 0 Å². The van der Waals surface area contributed by atoms with Crippen molar-refractivity contribution in [1.82, 2.24) is 10.6 Å². The summed E-state index contributed by atoms with van der Waals surface area (Å²) in [6.07, 6.45) is 3.77. The molecule has 0 bridgehead atoms. The number of benzene rings is 2. The van der Waals surface area contributed by atoms with Gasteiger partial charge in [0, 0.05) is 43.0 Å². The molecule has 3 amide bonds. The molecule has 2 aromatic carbocycles.